The van der Waals surface area contributed by atoms with E-state index in [0.717, 1.165) is 43.6 Å². The van der Waals surface area contributed by atoms with E-state index in [1.165, 1.54) is 0 Å². The molecule has 7 heteroatoms. The van der Waals surface area contributed by atoms with Gasteiger partial charge < -0.3 is 20.5 Å². The van der Waals surface area contributed by atoms with Crippen molar-refractivity contribution in [2.75, 3.05) is 13.1 Å². The normalized spacial score (nSPS) is 26.2. The van der Waals surface area contributed by atoms with Gasteiger partial charge in [-0.2, -0.15) is 0 Å². The Balaban J connectivity index is 1.72. The highest BCUT2D eigenvalue weighted by molar-refractivity contribution is 7.81. The molecule has 5 nitrogen and oxygen atoms in total. The number of allylic oxidation sites excluding steroid dienone is 3. The molecule has 0 aliphatic carbocycles. The maximum absolute atomic E-state index is 10.6. The lowest BCUT2D eigenvalue weighted by atomic mass is 9.77. The Morgan fingerprint density at radius 1 is 1.14 bits per heavy atom. The van der Waals surface area contributed by atoms with Gasteiger partial charge in [0.15, 0.2) is 0 Å². The summed E-state index contributed by atoms with van der Waals surface area (Å²) >= 11 is 10.7. The molecule has 0 saturated carbocycles. The first-order chi connectivity index (χ1) is 13.5. The van der Waals surface area contributed by atoms with Gasteiger partial charge in [-0.05, 0) is 50.5 Å². The molecule has 0 aromatic carbocycles. The Morgan fingerprint density at radius 3 is 2.61 bits per heavy atom. The molecule has 2 fully saturated rings. The molecule has 2 heterocycles. The van der Waals surface area contributed by atoms with Crippen molar-refractivity contribution >= 4 is 40.4 Å². The molecule has 0 aromatic rings. The van der Waals surface area contributed by atoms with Crippen LogP contribution in [0.15, 0.2) is 24.3 Å². The first-order valence-corrected chi connectivity index (χ1v) is 11.1. The zero-order chi connectivity index (χ0) is 20.4. The smallest absolute Gasteiger partial charge is 0.303 e. The number of hydrogen-bond donors (Lipinski definition) is 3. The van der Waals surface area contributed by atoms with Gasteiger partial charge in [0.2, 0.25) is 0 Å². The zero-order valence-electron chi connectivity index (χ0n) is 16.6. The molecule has 0 radical (unpaired) electrons. The van der Waals surface area contributed by atoms with Crippen molar-refractivity contribution in [3.05, 3.63) is 24.3 Å². The van der Waals surface area contributed by atoms with Crippen LogP contribution < -0.4 is 10.6 Å². The number of fused-ring (bicyclic) bond motifs is 2. The van der Waals surface area contributed by atoms with Crippen LogP contribution in [0.1, 0.15) is 51.9 Å². The summed E-state index contributed by atoms with van der Waals surface area (Å²) in [6.07, 6.45) is 14.9. The molecule has 4 atom stereocenters. The van der Waals surface area contributed by atoms with Gasteiger partial charge in [-0.1, -0.05) is 49.6 Å². The standard InChI is InChI=1S/C21H32N2O3S2/c1-2-3-9-19(27)23-14-20(28)22-13-16-15(17-11-12-18(16)26-17)8-6-4-5-7-10-21(24)25/h3-4,6,9,15-18H,2,5,7-8,10-14H2,1H3,(H,22,28)(H,23,27)(H,24,25)/b6-4-,9-3?/t15-,16+,17-,18+/m0/s1. The van der Waals surface area contributed by atoms with Crippen LogP contribution in [0.5, 0.6) is 0 Å². The van der Waals surface area contributed by atoms with Crippen LogP contribution in [-0.4, -0.2) is 46.4 Å². The fourth-order valence-corrected chi connectivity index (χ4v) is 4.29. The topological polar surface area (TPSA) is 70.6 Å². The number of hydrogen-bond acceptors (Lipinski definition) is 4. The van der Waals surface area contributed by atoms with E-state index >= 15 is 0 Å². The maximum atomic E-state index is 10.6. The van der Waals surface area contributed by atoms with E-state index in [1.807, 2.05) is 12.2 Å². The molecule has 2 aliphatic rings. The largest absolute Gasteiger partial charge is 0.481 e. The summed E-state index contributed by atoms with van der Waals surface area (Å²) in [6, 6.07) is 0. The third kappa shape index (κ3) is 7.60. The van der Waals surface area contributed by atoms with E-state index in [1.54, 1.807) is 0 Å². The molecule has 28 heavy (non-hydrogen) atoms. The Labute approximate surface area is 179 Å². The van der Waals surface area contributed by atoms with E-state index in [4.69, 9.17) is 34.3 Å². The summed E-state index contributed by atoms with van der Waals surface area (Å²) < 4.78 is 6.14. The maximum Gasteiger partial charge on any atom is 0.303 e. The van der Waals surface area contributed by atoms with Gasteiger partial charge in [-0.25, -0.2) is 0 Å². The number of carboxylic acid groups (broad SMARTS) is 1. The zero-order valence-corrected chi connectivity index (χ0v) is 18.2. The minimum absolute atomic E-state index is 0.233. The molecule has 0 unspecified atom stereocenters. The van der Waals surface area contributed by atoms with Crippen molar-refractivity contribution in [2.24, 2.45) is 11.8 Å². The third-order valence-corrected chi connectivity index (χ3v) is 5.96. The minimum Gasteiger partial charge on any atom is -0.481 e. The number of carbonyl (C=O) groups is 1. The molecule has 2 aliphatic heterocycles. The molecule has 156 valence electrons. The fraction of sp³-hybridized carbons (Fsp3) is 0.667. The Morgan fingerprint density at radius 2 is 1.89 bits per heavy atom. The summed E-state index contributed by atoms with van der Waals surface area (Å²) in [5, 5.41) is 15.2. The number of carboxylic acids is 1. The number of rotatable bonds is 12. The predicted molar refractivity (Wildman–Crippen MR) is 121 cm³/mol. The monoisotopic (exact) mass is 424 g/mol. The quantitative estimate of drug-likeness (QED) is 0.191. The second kappa shape index (κ2) is 12.3. The van der Waals surface area contributed by atoms with E-state index in [9.17, 15) is 4.79 Å². The summed E-state index contributed by atoms with van der Waals surface area (Å²) in [5.74, 6) is 0.243. The van der Waals surface area contributed by atoms with Gasteiger partial charge >= 0.3 is 5.97 Å². The van der Waals surface area contributed by atoms with Gasteiger partial charge in [-0.15, -0.1) is 0 Å². The molecule has 2 saturated heterocycles. The van der Waals surface area contributed by atoms with Crippen molar-refractivity contribution in [3.63, 3.8) is 0 Å². The van der Waals surface area contributed by atoms with E-state index in [-0.39, 0.29) is 6.42 Å². The second-order valence-corrected chi connectivity index (χ2v) is 8.38. The highest BCUT2D eigenvalue weighted by Gasteiger charge is 2.47. The Kier molecular flexibility index (Phi) is 10.1. The average Bonchev–Trinajstić information content (AvgIpc) is 3.27. The SMILES string of the molecule is CCC=CC(=S)NCC(=S)NC[C@@H]1[C@H](C/C=C\CCCC(=O)O)[C@@H]2CC[C@H]1O2. The van der Waals surface area contributed by atoms with Crippen LogP contribution in [0.25, 0.3) is 0 Å². The summed E-state index contributed by atoms with van der Waals surface area (Å²) in [4.78, 5) is 12.0. The number of unbranched alkanes of at least 4 members (excludes halogenated alkanes) is 1. The van der Waals surface area contributed by atoms with Crippen molar-refractivity contribution in [3.8, 4) is 0 Å². The van der Waals surface area contributed by atoms with Crippen molar-refractivity contribution < 1.29 is 14.6 Å². The Hall–Kier alpha value is -1.31. The van der Waals surface area contributed by atoms with E-state index in [0.29, 0.717) is 42.0 Å². The first kappa shape index (κ1) is 23.0. The lowest BCUT2D eigenvalue weighted by molar-refractivity contribution is -0.137. The van der Waals surface area contributed by atoms with Crippen molar-refractivity contribution in [1.29, 1.82) is 0 Å². The van der Waals surface area contributed by atoms with E-state index < -0.39 is 5.97 Å². The molecule has 2 bridgehead atoms. The molecule has 3 N–H and O–H groups in total. The summed E-state index contributed by atoms with van der Waals surface area (Å²) in [5.41, 5.74) is 0. The van der Waals surface area contributed by atoms with Gasteiger partial charge in [-0.3, -0.25) is 4.79 Å². The van der Waals surface area contributed by atoms with Crippen LogP contribution in [-0.2, 0) is 9.53 Å². The first-order valence-electron chi connectivity index (χ1n) is 10.2. The average molecular weight is 425 g/mol. The molecular formula is C21H32N2O3S2. The van der Waals surface area contributed by atoms with E-state index in [2.05, 4.69) is 29.7 Å². The second-order valence-electron chi connectivity index (χ2n) is 7.44. The third-order valence-electron chi connectivity index (χ3n) is 5.39. The van der Waals surface area contributed by atoms with Crippen LogP contribution in [0.2, 0.25) is 0 Å². The van der Waals surface area contributed by atoms with Crippen LogP contribution in [0, 0.1) is 11.8 Å². The Bertz CT molecular complexity index is 606. The molecule has 2 rings (SSSR count). The summed E-state index contributed by atoms with van der Waals surface area (Å²) in [6.45, 7) is 3.46. The van der Waals surface area contributed by atoms with Crippen molar-refractivity contribution in [1.82, 2.24) is 10.6 Å². The van der Waals surface area contributed by atoms with Gasteiger partial charge in [0, 0.05) is 18.9 Å². The highest BCUT2D eigenvalue weighted by atomic mass is 32.1. The van der Waals surface area contributed by atoms with Crippen molar-refractivity contribution in [2.45, 2.75) is 64.1 Å². The molecule has 0 amide bonds. The summed E-state index contributed by atoms with van der Waals surface area (Å²) in [7, 11) is 0. The predicted octanol–water partition coefficient (Wildman–Crippen LogP) is 3.78. The van der Waals surface area contributed by atoms with Crippen LogP contribution in [0.3, 0.4) is 0 Å². The number of aliphatic carboxylic acids is 1. The lowest BCUT2D eigenvalue weighted by Crippen LogP contribution is -2.41. The fourth-order valence-electron chi connectivity index (χ4n) is 3.97. The van der Waals surface area contributed by atoms with Crippen LogP contribution >= 0.6 is 24.4 Å². The minimum atomic E-state index is -0.728. The lowest BCUT2D eigenvalue weighted by Gasteiger charge is -2.28. The number of nitrogens with one attached hydrogen (secondary N) is 2. The molecule has 0 spiro atoms. The highest BCUT2D eigenvalue weighted by Crippen LogP contribution is 2.44. The number of thiocarbonyl (C=S) groups is 2. The molecule has 0 aromatic heterocycles. The molecular weight excluding hydrogens is 392 g/mol. The van der Waals surface area contributed by atoms with Gasteiger partial charge in [0.25, 0.3) is 0 Å². The van der Waals surface area contributed by atoms with Gasteiger partial charge in [0.1, 0.15) is 0 Å². The number of ether oxygens (including phenoxy) is 1. The van der Waals surface area contributed by atoms with Gasteiger partial charge in [0.05, 0.1) is 28.7 Å². The van der Waals surface area contributed by atoms with Crippen LogP contribution in [0.4, 0.5) is 0 Å².